The quantitative estimate of drug-likeness (QED) is 0.797. The van der Waals surface area contributed by atoms with Gasteiger partial charge in [-0.05, 0) is 31.2 Å². The van der Waals surface area contributed by atoms with Gasteiger partial charge in [-0.1, -0.05) is 0 Å². The second kappa shape index (κ2) is 4.81. The molecule has 0 aliphatic rings. The van der Waals surface area contributed by atoms with Crippen molar-refractivity contribution < 1.29 is 4.79 Å². The van der Waals surface area contributed by atoms with Gasteiger partial charge in [-0.2, -0.15) is 5.10 Å². The van der Waals surface area contributed by atoms with Gasteiger partial charge in [0.2, 0.25) is 0 Å². The number of amides is 1. The zero-order valence-corrected chi connectivity index (χ0v) is 11.1. The lowest BCUT2D eigenvalue weighted by Crippen LogP contribution is -2.17. The topological polar surface area (TPSA) is 59.8 Å². The number of aromatic nitrogens is 3. The van der Waals surface area contributed by atoms with Gasteiger partial charge in [0.25, 0.3) is 5.91 Å². The summed E-state index contributed by atoms with van der Waals surface area (Å²) in [5.41, 5.74) is 3.99. The van der Waals surface area contributed by atoms with Gasteiger partial charge in [-0.3, -0.25) is 9.48 Å². The molecule has 1 amide bonds. The summed E-state index contributed by atoms with van der Waals surface area (Å²) >= 11 is 1.58. The van der Waals surface area contributed by atoms with E-state index in [0.29, 0.717) is 12.2 Å². The molecule has 2 aromatic heterocycles. The van der Waals surface area contributed by atoms with Gasteiger partial charge in [0.1, 0.15) is 5.69 Å². The van der Waals surface area contributed by atoms with Gasteiger partial charge >= 0.3 is 0 Å². The summed E-state index contributed by atoms with van der Waals surface area (Å²) in [6.45, 7) is 2.62. The van der Waals surface area contributed by atoms with Crippen LogP contribution in [-0.4, -0.2) is 20.7 Å². The lowest BCUT2D eigenvalue weighted by Gasteiger charge is -2.06. The van der Waals surface area contributed by atoms with Crippen LogP contribution in [-0.2, 0) is 6.54 Å². The number of hydrogen-bond donors (Lipinski definition) is 1. The Kier molecular flexibility index (Phi) is 3.00. The molecule has 3 aromatic rings. The Balaban J connectivity index is 1.86. The van der Waals surface area contributed by atoms with Crippen LogP contribution in [0.1, 0.15) is 17.4 Å². The van der Waals surface area contributed by atoms with E-state index in [9.17, 15) is 4.79 Å². The van der Waals surface area contributed by atoms with Crippen molar-refractivity contribution in [2.24, 2.45) is 0 Å². The third-order valence-corrected chi connectivity index (χ3v) is 3.65. The van der Waals surface area contributed by atoms with E-state index in [2.05, 4.69) is 15.4 Å². The molecule has 96 valence electrons. The number of hydrogen-bond acceptors (Lipinski definition) is 4. The molecule has 0 aliphatic heterocycles. The Morgan fingerprint density at radius 3 is 3.16 bits per heavy atom. The van der Waals surface area contributed by atoms with Crippen LogP contribution in [0.4, 0.5) is 5.69 Å². The van der Waals surface area contributed by atoms with Crippen LogP contribution in [0.3, 0.4) is 0 Å². The molecule has 6 heteroatoms. The Morgan fingerprint density at radius 1 is 1.42 bits per heavy atom. The van der Waals surface area contributed by atoms with Crippen molar-refractivity contribution in [1.29, 1.82) is 0 Å². The monoisotopic (exact) mass is 272 g/mol. The normalized spacial score (nSPS) is 10.8. The number of nitrogens with zero attached hydrogens (tertiary/aromatic N) is 3. The lowest BCUT2D eigenvalue weighted by molar-refractivity contribution is 0.101. The van der Waals surface area contributed by atoms with Gasteiger partial charge in [-0.15, -0.1) is 11.3 Å². The molecule has 1 N–H and O–H groups in total. The number of fused-ring (bicyclic) bond motifs is 1. The smallest absolute Gasteiger partial charge is 0.273 e. The highest BCUT2D eigenvalue weighted by molar-refractivity contribution is 7.16. The second-order valence-electron chi connectivity index (χ2n) is 4.02. The fourth-order valence-electron chi connectivity index (χ4n) is 1.91. The minimum absolute atomic E-state index is 0.158. The highest BCUT2D eigenvalue weighted by atomic mass is 32.1. The maximum Gasteiger partial charge on any atom is 0.273 e. The zero-order chi connectivity index (χ0) is 13.2. The molecule has 0 unspecified atom stereocenters. The van der Waals surface area contributed by atoms with Crippen LogP contribution in [0, 0.1) is 0 Å². The molecule has 0 saturated carbocycles. The van der Waals surface area contributed by atoms with Crippen LogP contribution >= 0.6 is 11.3 Å². The van der Waals surface area contributed by atoms with Crippen molar-refractivity contribution in [1.82, 2.24) is 14.8 Å². The van der Waals surface area contributed by atoms with Crippen molar-refractivity contribution in [3.63, 3.8) is 0 Å². The van der Waals surface area contributed by atoms with Gasteiger partial charge in [0.05, 0.1) is 15.7 Å². The largest absolute Gasteiger partial charge is 0.321 e. The summed E-state index contributed by atoms with van der Waals surface area (Å²) in [4.78, 5) is 16.4. The number of benzene rings is 1. The van der Waals surface area contributed by atoms with E-state index >= 15 is 0 Å². The summed E-state index contributed by atoms with van der Waals surface area (Å²) in [6.07, 6.45) is 1.63. The molecule has 0 bridgehead atoms. The Morgan fingerprint density at radius 2 is 2.32 bits per heavy atom. The minimum Gasteiger partial charge on any atom is -0.321 e. The number of anilines is 1. The number of nitrogens with one attached hydrogen (secondary N) is 1. The van der Waals surface area contributed by atoms with Crippen LogP contribution < -0.4 is 5.32 Å². The second-order valence-corrected chi connectivity index (χ2v) is 4.91. The zero-order valence-electron chi connectivity index (χ0n) is 10.3. The van der Waals surface area contributed by atoms with Crippen molar-refractivity contribution in [3.05, 3.63) is 41.7 Å². The first kappa shape index (κ1) is 11.9. The summed E-state index contributed by atoms with van der Waals surface area (Å²) < 4.78 is 2.77. The Hall–Kier alpha value is -2.21. The molecule has 0 fully saturated rings. The molecular formula is C13H12N4OS. The lowest BCUT2D eigenvalue weighted by atomic mass is 10.3. The molecule has 19 heavy (non-hydrogen) atoms. The third-order valence-electron chi connectivity index (χ3n) is 2.84. The maximum atomic E-state index is 12.1. The predicted molar refractivity (Wildman–Crippen MR) is 75.5 cm³/mol. The fraction of sp³-hybridized carbons (Fsp3) is 0.154. The van der Waals surface area contributed by atoms with Crippen LogP contribution in [0.2, 0.25) is 0 Å². The summed E-state index contributed by atoms with van der Waals surface area (Å²) in [6, 6.07) is 7.42. The minimum atomic E-state index is -0.158. The maximum absolute atomic E-state index is 12.1. The standard InChI is InChI=1S/C13H12N4OS/c1-2-17-11(5-6-15-17)13(18)16-9-3-4-12-10(7-9)14-8-19-12/h3-8H,2H2,1H3,(H,16,18). The summed E-state index contributed by atoms with van der Waals surface area (Å²) in [5.74, 6) is -0.158. The van der Waals surface area contributed by atoms with Crippen LogP contribution in [0.25, 0.3) is 10.2 Å². The van der Waals surface area contributed by atoms with Crippen molar-refractivity contribution in [3.8, 4) is 0 Å². The highest BCUT2D eigenvalue weighted by Crippen LogP contribution is 2.21. The number of rotatable bonds is 3. The first-order valence-electron chi connectivity index (χ1n) is 5.94. The van der Waals surface area contributed by atoms with Crippen LogP contribution in [0.15, 0.2) is 36.0 Å². The third kappa shape index (κ3) is 2.22. The molecule has 5 nitrogen and oxygen atoms in total. The van der Waals surface area contributed by atoms with E-state index in [1.165, 1.54) is 0 Å². The van der Waals surface area contributed by atoms with Gasteiger partial charge in [0, 0.05) is 18.4 Å². The van der Waals surface area contributed by atoms with E-state index in [-0.39, 0.29) is 5.91 Å². The average molecular weight is 272 g/mol. The molecule has 0 spiro atoms. The highest BCUT2D eigenvalue weighted by Gasteiger charge is 2.11. The SMILES string of the molecule is CCn1nccc1C(=O)Nc1ccc2scnc2c1. The summed E-state index contributed by atoms with van der Waals surface area (Å²) in [5, 5.41) is 6.95. The van der Waals surface area contributed by atoms with Crippen molar-refractivity contribution in [2.45, 2.75) is 13.5 Å². The predicted octanol–water partition coefficient (Wildman–Crippen LogP) is 2.77. The molecule has 0 radical (unpaired) electrons. The van der Waals surface area contributed by atoms with E-state index in [1.807, 2.05) is 25.1 Å². The van der Waals surface area contributed by atoms with Crippen molar-refractivity contribution in [2.75, 3.05) is 5.32 Å². The molecule has 0 aliphatic carbocycles. The number of carbonyl (C=O) groups is 1. The average Bonchev–Trinajstić information content (AvgIpc) is 3.06. The first-order valence-corrected chi connectivity index (χ1v) is 6.82. The Labute approximate surface area is 113 Å². The number of carbonyl (C=O) groups excluding carboxylic acids is 1. The van der Waals surface area contributed by atoms with E-state index in [0.717, 1.165) is 15.9 Å². The molecular weight excluding hydrogens is 260 g/mol. The molecule has 2 heterocycles. The summed E-state index contributed by atoms with van der Waals surface area (Å²) in [7, 11) is 0. The van der Waals surface area contributed by atoms with Crippen molar-refractivity contribution >= 4 is 33.1 Å². The molecule has 0 atom stereocenters. The number of aryl methyl sites for hydroxylation is 1. The van der Waals surface area contributed by atoms with Gasteiger partial charge < -0.3 is 5.32 Å². The number of thiazole rings is 1. The fourth-order valence-corrected chi connectivity index (χ4v) is 2.57. The Bertz CT molecular complexity index is 731. The van der Waals surface area contributed by atoms with Gasteiger partial charge in [0.15, 0.2) is 0 Å². The molecule has 3 rings (SSSR count). The van der Waals surface area contributed by atoms with Gasteiger partial charge in [-0.25, -0.2) is 4.98 Å². The molecule has 1 aromatic carbocycles. The van der Waals surface area contributed by atoms with E-state index in [4.69, 9.17) is 0 Å². The first-order chi connectivity index (χ1) is 9.28. The molecule has 0 saturated heterocycles. The van der Waals surface area contributed by atoms with E-state index in [1.54, 1.807) is 33.8 Å². The van der Waals surface area contributed by atoms with Crippen LogP contribution in [0.5, 0.6) is 0 Å². The van der Waals surface area contributed by atoms with E-state index < -0.39 is 0 Å².